The van der Waals surface area contributed by atoms with Gasteiger partial charge in [-0.15, -0.1) is 0 Å². The molecule has 0 bridgehead atoms. The van der Waals surface area contributed by atoms with Gasteiger partial charge in [0, 0.05) is 5.69 Å². The molecular weight excluding hydrogens is 292 g/mol. The number of rotatable bonds is 4. The number of nitriles is 1. The average Bonchev–Trinajstić information content (AvgIpc) is 2.81. The van der Waals surface area contributed by atoms with Crippen LogP contribution in [0, 0.1) is 29.9 Å². The number of benzene rings is 1. The first-order valence-electron chi connectivity index (χ1n) is 6.53. The molecular formula is C15H13F2N3O2. The van der Waals surface area contributed by atoms with E-state index in [2.05, 4.69) is 5.10 Å². The number of carbonyl (C=O) groups is 1. The van der Waals surface area contributed by atoms with E-state index in [1.165, 1.54) is 12.1 Å². The second-order valence-corrected chi connectivity index (χ2v) is 4.73. The van der Waals surface area contributed by atoms with Crippen LogP contribution in [0.2, 0.25) is 0 Å². The first-order chi connectivity index (χ1) is 10.4. The molecule has 0 aliphatic rings. The summed E-state index contributed by atoms with van der Waals surface area (Å²) >= 11 is 0. The number of carbonyl (C=O) groups excluding carboxylic acids is 1. The van der Waals surface area contributed by atoms with Crippen molar-refractivity contribution < 1.29 is 18.3 Å². The average molecular weight is 305 g/mol. The Morgan fingerprint density at radius 3 is 2.68 bits per heavy atom. The fourth-order valence-electron chi connectivity index (χ4n) is 1.91. The zero-order valence-corrected chi connectivity index (χ0v) is 12.0. The van der Waals surface area contributed by atoms with Gasteiger partial charge in [-0.2, -0.15) is 10.4 Å². The molecule has 0 N–H and O–H groups in total. The molecule has 0 spiro atoms. The zero-order chi connectivity index (χ0) is 16.3. The number of hydrogen-bond acceptors (Lipinski definition) is 4. The Hall–Kier alpha value is -2.75. The topological polar surface area (TPSA) is 67.9 Å². The van der Waals surface area contributed by atoms with Gasteiger partial charge in [-0.1, -0.05) is 6.07 Å². The number of ether oxygens (including phenoxy) is 1. The SMILES string of the molecule is Cc1cc(C(=O)O[C@H](C)CC#N)nn1-c1c(F)cccc1F. The van der Waals surface area contributed by atoms with Crippen LogP contribution in [0.4, 0.5) is 8.78 Å². The third-order valence-electron chi connectivity index (χ3n) is 2.93. The van der Waals surface area contributed by atoms with Crippen LogP contribution in [-0.4, -0.2) is 21.9 Å². The van der Waals surface area contributed by atoms with Crippen LogP contribution < -0.4 is 0 Å². The Morgan fingerprint density at radius 1 is 1.45 bits per heavy atom. The molecule has 0 aliphatic carbocycles. The lowest BCUT2D eigenvalue weighted by atomic mass is 10.3. The lowest BCUT2D eigenvalue weighted by Gasteiger charge is -2.08. The van der Waals surface area contributed by atoms with Crippen LogP contribution in [-0.2, 0) is 4.74 Å². The quantitative estimate of drug-likeness (QED) is 0.814. The Kier molecular flexibility index (Phi) is 4.51. The highest BCUT2D eigenvalue weighted by Crippen LogP contribution is 2.19. The molecule has 2 aromatic rings. The van der Waals surface area contributed by atoms with Crippen molar-refractivity contribution in [2.75, 3.05) is 0 Å². The zero-order valence-electron chi connectivity index (χ0n) is 12.0. The van der Waals surface area contributed by atoms with Crippen LogP contribution >= 0.6 is 0 Å². The minimum absolute atomic E-state index is 0.0490. The van der Waals surface area contributed by atoms with Gasteiger partial charge >= 0.3 is 5.97 Å². The van der Waals surface area contributed by atoms with Gasteiger partial charge in [0.05, 0.1) is 12.5 Å². The maximum absolute atomic E-state index is 13.8. The van der Waals surface area contributed by atoms with E-state index in [4.69, 9.17) is 10.00 Å². The molecule has 22 heavy (non-hydrogen) atoms. The molecule has 0 aliphatic heterocycles. The van der Waals surface area contributed by atoms with Gasteiger partial charge < -0.3 is 4.74 Å². The number of aryl methyl sites for hydroxylation is 1. The summed E-state index contributed by atoms with van der Waals surface area (Å²) in [6.45, 7) is 3.13. The predicted molar refractivity (Wildman–Crippen MR) is 73.3 cm³/mol. The molecule has 7 heteroatoms. The van der Waals surface area contributed by atoms with Gasteiger partial charge in [-0.25, -0.2) is 18.3 Å². The van der Waals surface area contributed by atoms with E-state index >= 15 is 0 Å². The van der Waals surface area contributed by atoms with E-state index in [0.717, 1.165) is 16.8 Å². The van der Waals surface area contributed by atoms with Gasteiger partial charge in [-0.3, -0.25) is 0 Å². The minimum Gasteiger partial charge on any atom is -0.457 e. The van der Waals surface area contributed by atoms with Crippen molar-refractivity contribution in [2.45, 2.75) is 26.4 Å². The smallest absolute Gasteiger partial charge is 0.359 e. The first kappa shape index (κ1) is 15.6. The molecule has 114 valence electrons. The van der Waals surface area contributed by atoms with Gasteiger partial charge in [0.25, 0.3) is 0 Å². The number of halogens is 2. The largest absolute Gasteiger partial charge is 0.457 e. The maximum atomic E-state index is 13.8. The summed E-state index contributed by atoms with van der Waals surface area (Å²) in [5.41, 5.74) is -0.0575. The summed E-state index contributed by atoms with van der Waals surface area (Å²) in [4.78, 5) is 11.9. The number of esters is 1. The van der Waals surface area contributed by atoms with E-state index in [1.54, 1.807) is 13.8 Å². The standard InChI is InChI=1S/C15H13F2N3O2/c1-9-8-13(15(21)22-10(2)6-7-18)19-20(9)14-11(16)4-3-5-12(14)17/h3-5,8,10H,6H2,1-2H3/t10-/m1/s1. The van der Waals surface area contributed by atoms with Crippen LogP contribution in [0.3, 0.4) is 0 Å². The van der Waals surface area contributed by atoms with Crippen LogP contribution in [0.1, 0.15) is 29.5 Å². The number of para-hydroxylation sites is 1. The summed E-state index contributed by atoms with van der Waals surface area (Å²) in [5.74, 6) is -2.32. The summed E-state index contributed by atoms with van der Waals surface area (Å²) in [5, 5.41) is 12.4. The summed E-state index contributed by atoms with van der Waals surface area (Å²) in [7, 11) is 0. The predicted octanol–water partition coefficient (Wildman–Crippen LogP) is 2.92. The second kappa shape index (κ2) is 6.35. The molecule has 0 saturated heterocycles. The van der Waals surface area contributed by atoms with Gasteiger partial charge in [-0.05, 0) is 32.0 Å². The van der Waals surface area contributed by atoms with Crippen molar-refractivity contribution in [3.05, 3.63) is 47.3 Å². The van der Waals surface area contributed by atoms with Crippen LogP contribution in [0.5, 0.6) is 0 Å². The van der Waals surface area contributed by atoms with Gasteiger partial charge in [0.2, 0.25) is 0 Å². The molecule has 0 saturated carbocycles. The first-order valence-corrected chi connectivity index (χ1v) is 6.53. The van der Waals surface area contributed by atoms with E-state index in [1.807, 2.05) is 6.07 Å². The molecule has 0 unspecified atom stereocenters. The lowest BCUT2D eigenvalue weighted by Crippen LogP contribution is -2.15. The maximum Gasteiger partial charge on any atom is 0.359 e. The van der Waals surface area contributed by atoms with E-state index in [9.17, 15) is 13.6 Å². The van der Waals surface area contributed by atoms with Crippen molar-refractivity contribution >= 4 is 5.97 Å². The molecule has 5 nitrogen and oxygen atoms in total. The molecule has 0 amide bonds. The molecule has 1 heterocycles. The number of nitrogens with zero attached hydrogens (tertiary/aromatic N) is 3. The monoisotopic (exact) mass is 305 g/mol. The highest BCUT2D eigenvalue weighted by molar-refractivity contribution is 5.87. The van der Waals surface area contributed by atoms with E-state index in [0.29, 0.717) is 5.69 Å². The van der Waals surface area contributed by atoms with Crippen molar-refractivity contribution in [1.29, 1.82) is 5.26 Å². The summed E-state index contributed by atoms with van der Waals surface area (Å²) in [6, 6.07) is 6.70. The lowest BCUT2D eigenvalue weighted by molar-refractivity contribution is 0.0343. The third-order valence-corrected chi connectivity index (χ3v) is 2.93. The molecule has 0 radical (unpaired) electrons. The summed E-state index contributed by atoms with van der Waals surface area (Å²) in [6.07, 6.45) is -0.541. The summed E-state index contributed by atoms with van der Waals surface area (Å²) < 4.78 is 33.6. The minimum atomic E-state index is -0.788. The van der Waals surface area contributed by atoms with Crippen LogP contribution in [0.15, 0.2) is 24.3 Å². The van der Waals surface area contributed by atoms with Crippen molar-refractivity contribution in [1.82, 2.24) is 9.78 Å². The van der Waals surface area contributed by atoms with Crippen molar-refractivity contribution in [3.63, 3.8) is 0 Å². The fourth-order valence-corrected chi connectivity index (χ4v) is 1.91. The van der Waals surface area contributed by atoms with E-state index in [-0.39, 0.29) is 17.8 Å². The Labute approximate surface area is 125 Å². The van der Waals surface area contributed by atoms with Gasteiger partial charge in [0.15, 0.2) is 17.3 Å². The van der Waals surface area contributed by atoms with Gasteiger partial charge in [0.1, 0.15) is 11.8 Å². The molecule has 1 atom stereocenters. The van der Waals surface area contributed by atoms with Crippen molar-refractivity contribution in [2.24, 2.45) is 0 Å². The Bertz CT molecular complexity index is 729. The molecule has 1 aromatic heterocycles. The normalized spacial score (nSPS) is 11.8. The Balaban J connectivity index is 2.33. The number of aromatic nitrogens is 2. The van der Waals surface area contributed by atoms with Crippen molar-refractivity contribution in [3.8, 4) is 11.8 Å². The number of hydrogen-bond donors (Lipinski definition) is 0. The molecule has 0 fully saturated rings. The van der Waals surface area contributed by atoms with Crippen LogP contribution in [0.25, 0.3) is 5.69 Å². The highest BCUT2D eigenvalue weighted by atomic mass is 19.1. The highest BCUT2D eigenvalue weighted by Gasteiger charge is 2.20. The fraction of sp³-hybridized carbons (Fsp3) is 0.267. The second-order valence-electron chi connectivity index (χ2n) is 4.73. The third kappa shape index (κ3) is 3.11. The molecule has 2 rings (SSSR count). The molecule has 1 aromatic carbocycles. The van der Waals surface area contributed by atoms with E-state index < -0.39 is 23.7 Å². The Morgan fingerprint density at radius 2 is 2.09 bits per heavy atom.